The molecule has 58 heavy (non-hydrogen) atoms. The van der Waals surface area contributed by atoms with Crippen molar-refractivity contribution >= 4 is 41.5 Å². The molecule has 0 spiro atoms. The van der Waals surface area contributed by atoms with Gasteiger partial charge >= 0.3 is 11.9 Å². The molecule has 2 aliphatic rings. The Morgan fingerprint density at radius 2 is 1.55 bits per heavy atom. The number of rotatable bonds is 9. The second-order valence-electron chi connectivity index (χ2n) is 16.9. The smallest absolute Gasteiger partial charge is 0.329 e. The van der Waals surface area contributed by atoms with Crippen molar-refractivity contribution < 1.29 is 43.0 Å². The zero-order chi connectivity index (χ0) is 43.5. The quantitative estimate of drug-likeness (QED) is 0.215. The van der Waals surface area contributed by atoms with E-state index in [0.29, 0.717) is 32.1 Å². The van der Waals surface area contributed by atoms with Gasteiger partial charge in [0.05, 0.1) is 5.41 Å². The highest BCUT2D eigenvalue weighted by atomic mass is 16.6. The maximum absolute atomic E-state index is 14.4. The summed E-state index contributed by atoms with van der Waals surface area (Å²) in [6.45, 7) is 13.6. The standard InChI is InChI=1S/C44H65N5O9/c1-12-14-16-23-33-44(8,9)43(56)46-35(27(3)4)40(53)48(11)36(28(5)6)42(55)58-37(29(7)13-2)41(54)49-24-19-22-31(49)39(52)47(10)32(25-30-20-17-15-18-21-30)38(51)45-26-34(50)57-33/h1,15,17-18,20-21,27-29,31-33,35-37H,13-14,16,19,22-26H2,2-11H3,(H,45,51)(H,46,56)/t29-,31-,32-,33+,35-,36-,37?/m1/s1. The third kappa shape index (κ3) is 11.6. The van der Waals surface area contributed by atoms with Crippen molar-refractivity contribution in [3.63, 3.8) is 0 Å². The highest BCUT2D eigenvalue weighted by molar-refractivity contribution is 5.96. The first-order valence-electron chi connectivity index (χ1n) is 20.6. The molecule has 0 bridgehead atoms. The molecule has 1 aromatic carbocycles. The fraction of sp³-hybridized carbons (Fsp3) is 0.659. The summed E-state index contributed by atoms with van der Waals surface area (Å²) in [7, 11) is 2.96. The molecular weight excluding hydrogens is 743 g/mol. The number of unbranched alkanes of at least 4 members (excludes halogenated alkanes) is 1. The van der Waals surface area contributed by atoms with Crippen molar-refractivity contribution in [2.75, 3.05) is 27.2 Å². The van der Waals surface area contributed by atoms with E-state index in [2.05, 4.69) is 16.6 Å². The van der Waals surface area contributed by atoms with Gasteiger partial charge in [0.15, 0.2) is 6.10 Å². The van der Waals surface area contributed by atoms with Crippen LogP contribution in [0.25, 0.3) is 0 Å². The van der Waals surface area contributed by atoms with Crippen LogP contribution in [0.5, 0.6) is 0 Å². The summed E-state index contributed by atoms with van der Waals surface area (Å²) in [6, 6.07) is 4.87. The Kier molecular flexibility index (Phi) is 17.3. The van der Waals surface area contributed by atoms with E-state index in [1.807, 2.05) is 37.3 Å². The summed E-state index contributed by atoms with van der Waals surface area (Å²) in [4.78, 5) is 103. The molecule has 5 amide bonds. The summed E-state index contributed by atoms with van der Waals surface area (Å²) in [5.41, 5.74) is -0.619. The van der Waals surface area contributed by atoms with Crippen molar-refractivity contribution in [1.82, 2.24) is 25.3 Å². The number of terminal acetylenes is 1. The molecular formula is C44H65N5O9. The largest absolute Gasteiger partial charge is 0.460 e. The number of nitrogens with one attached hydrogen (secondary N) is 2. The van der Waals surface area contributed by atoms with E-state index in [1.54, 1.807) is 48.5 Å². The molecule has 0 radical (unpaired) electrons. The Labute approximate surface area is 344 Å². The first-order valence-corrected chi connectivity index (χ1v) is 20.6. The molecule has 7 atom stereocenters. The summed E-state index contributed by atoms with van der Waals surface area (Å²) in [5, 5.41) is 5.50. The Morgan fingerprint density at radius 1 is 0.897 bits per heavy atom. The first-order chi connectivity index (χ1) is 27.3. The van der Waals surface area contributed by atoms with E-state index in [-0.39, 0.29) is 19.4 Å². The number of hydrogen-bond donors (Lipinski definition) is 2. The molecule has 2 saturated heterocycles. The summed E-state index contributed by atoms with van der Waals surface area (Å²) < 4.78 is 12.0. The number of hydrogen-bond acceptors (Lipinski definition) is 9. The Bertz CT molecular complexity index is 1670. The van der Waals surface area contributed by atoms with Gasteiger partial charge in [-0.15, -0.1) is 12.3 Å². The van der Waals surface area contributed by atoms with Crippen LogP contribution in [0.2, 0.25) is 0 Å². The molecule has 14 nitrogen and oxygen atoms in total. The summed E-state index contributed by atoms with van der Waals surface area (Å²) in [5.74, 6) is -3.14. The summed E-state index contributed by atoms with van der Waals surface area (Å²) in [6.07, 6.45) is 5.66. The van der Waals surface area contributed by atoms with Gasteiger partial charge in [-0.25, -0.2) is 4.79 Å². The van der Waals surface area contributed by atoms with Gasteiger partial charge in [-0.3, -0.25) is 28.8 Å². The lowest BCUT2D eigenvalue weighted by Crippen LogP contribution is -2.59. The number of amides is 5. The SMILES string of the molecule is C#CCCC[C@@H]1OC(=O)CNC(=O)[C@@H](Cc2ccccc2)N(C)C(=O)[C@H]2CCCN2C(=O)C([C@H](C)CC)OC(=O)[C@@H](C(C)C)N(C)C(=O)[C@@H](C(C)C)NC(=O)C1(C)C. The predicted octanol–water partition coefficient (Wildman–Crippen LogP) is 3.50. The minimum atomic E-state index is -1.38. The van der Waals surface area contributed by atoms with Crippen molar-refractivity contribution in [3.05, 3.63) is 35.9 Å². The number of cyclic esters (lactones) is 2. The van der Waals surface area contributed by atoms with Crippen molar-refractivity contribution in [2.45, 2.75) is 137 Å². The number of likely N-dealkylation sites (N-methyl/N-ethyl adjacent to an activating group) is 2. The van der Waals surface area contributed by atoms with Crippen LogP contribution >= 0.6 is 0 Å². The lowest BCUT2D eigenvalue weighted by molar-refractivity contribution is -0.172. The third-order valence-corrected chi connectivity index (χ3v) is 11.6. The van der Waals surface area contributed by atoms with Gasteiger partial charge in [-0.05, 0) is 63.4 Å². The van der Waals surface area contributed by atoms with Crippen LogP contribution in [-0.2, 0) is 49.5 Å². The maximum atomic E-state index is 14.4. The highest BCUT2D eigenvalue weighted by Crippen LogP contribution is 2.30. The molecule has 0 aromatic heterocycles. The van der Waals surface area contributed by atoms with E-state index in [4.69, 9.17) is 15.9 Å². The highest BCUT2D eigenvalue weighted by Gasteiger charge is 2.46. The molecule has 1 aromatic rings. The van der Waals surface area contributed by atoms with E-state index in [9.17, 15) is 33.6 Å². The average molecular weight is 808 g/mol. The number of fused-ring (bicyclic) bond motifs is 1. The molecule has 0 aliphatic carbocycles. The molecule has 2 heterocycles. The van der Waals surface area contributed by atoms with Crippen LogP contribution in [0, 0.1) is 35.5 Å². The van der Waals surface area contributed by atoms with E-state index in [0.717, 1.165) is 5.56 Å². The minimum Gasteiger partial charge on any atom is -0.460 e. The van der Waals surface area contributed by atoms with Crippen LogP contribution in [0.4, 0.5) is 0 Å². The monoisotopic (exact) mass is 807 g/mol. The Morgan fingerprint density at radius 3 is 2.14 bits per heavy atom. The van der Waals surface area contributed by atoms with Gasteiger partial charge in [-0.2, -0.15) is 0 Å². The molecule has 2 N–H and O–H groups in total. The van der Waals surface area contributed by atoms with Gasteiger partial charge in [0.1, 0.15) is 36.8 Å². The van der Waals surface area contributed by atoms with Gasteiger partial charge < -0.3 is 34.8 Å². The van der Waals surface area contributed by atoms with Crippen LogP contribution in [0.3, 0.4) is 0 Å². The molecule has 0 saturated carbocycles. The fourth-order valence-corrected chi connectivity index (χ4v) is 7.56. The predicted molar refractivity (Wildman–Crippen MR) is 218 cm³/mol. The van der Waals surface area contributed by atoms with Gasteiger partial charge in [0.2, 0.25) is 23.6 Å². The zero-order valence-corrected chi connectivity index (χ0v) is 36.0. The lowest BCUT2D eigenvalue weighted by atomic mass is 9.82. The van der Waals surface area contributed by atoms with Gasteiger partial charge in [0.25, 0.3) is 5.91 Å². The fourth-order valence-electron chi connectivity index (χ4n) is 7.56. The second-order valence-corrected chi connectivity index (χ2v) is 16.9. The number of esters is 2. The van der Waals surface area contributed by atoms with Crippen LogP contribution < -0.4 is 10.6 Å². The second kappa shape index (κ2) is 21.2. The Balaban J connectivity index is 2.16. The molecule has 1 unspecified atom stereocenters. The third-order valence-electron chi connectivity index (χ3n) is 11.6. The van der Waals surface area contributed by atoms with Crippen LogP contribution in [0.15, 0.2) is 30.3 Å². The van der Waals surface area contributed by atoms with Crippen LogP contribution in [0.1, 0.15) is 99.5 Å². The molecule has 3 rings (SSSR count). The number of carbonyl (C=O) groups is 7. The van der Waals surface area contributed by atoms with E-state index >= 15 is 0 Å². The first kappa shape index (κ1) is 47.4. The number of benzene rings is 1. The van der Waals surface area contributed by atoms with Gasteiger partial charge in [-0.1, -0.05) is 71.9 Å². The molecule has 14 heteroatoms. The topological polar surface area (TPSA) is 172 Å². The maximum Gasteiger partial charge on any atom is 0.329 e. The van der Waals surface area contributed by atoms with Gasteiger partial charge in [0, 0.05) is 39.4 Å². The van der Waals surface area contributed by atoms with E-state index < -0.39 is 108 Å². The Hall–Kier alpha value is -4.93. The lowest BCUT2D eigenvalue weighted by Gasteiger charge is -2.38. The minimum absolute atomic E-state index is 0.111. The van der Waals surface area contributed by atoms with E-state index in [1.165, 1.54) is 28.8 Å². The number of nitrogens with zero attached hydrogens (tertiary/aromatic N) is 3. The van der Waals surface area contributed by atoms with Crippen molar-refractivity contribution in [3.8, 4) is 12.3 Å². The zero-order valence-electron chi connectivity index (χ0n) is 36.0. The number of carbonyl (C=O) groups excluding carboxylic acids is 7. The average Bonchev–Trinajstić information content (AvgIpc) is 3.68. The summed E-state index contributed by atoms with van der Waals surface area (Å²) >= 11 is 0. The number of ether oxygens (including phenoxy) is 2. The van der Waals surface area contributed by atoms with Crippen molar-refractivity contribution in [1.29, 1.82) is 0 Å². The normalized spacial score (nSPS) is 26.5. The van der Waals surface area contributed by atoms with Crippen molar-refractivity contribution in [2.24, 2.45) is 23.2 Å². The molecule has 320 valence electrons. The molecule has 2 fully saturated rings. The molecule has 2 aliphatic heterocycles. The van der Waals surface area contributed by atoms with Crippen LogP contribution in [-0.4, -0.2) is 120 Å².